The SMILES string of the molecule is CC[C@@]1(O)C(=O)OCc2c1cc1n(c2=O)Cc2c-1nc1cc(F)c(C)cc1c2CCCN(C)C(=O)CN. The summed E-state index contributed by atoms with van der Waals surface area (Å²) in [6.07, 6.45) is 1.24. The van der Waals surface area contributed by atoms with Gasteiger partial charge in [0.25, 0.3) is 5.56 Å². The maximum atomic E-state index is 14.6. The average molecular weight is 509 g/mol. The van der Waals surface area contributed by atoms with Crippen molar-refractivity contribution in [3.05, 3.63) is 62.2 Å². The fourth-order valence-corrected chi connectivity index (χ4v) is 5.35. The van der Waals surface area contributed by atoms with Gasteiger partial charge in [0.1, 0.15) is 12.4 Å². The van der Waals surface area contributed by atoms with E-state index in [9.17, 15) is 23.9 Å². The number of fused-ring (bicyclic) bond motifs is 5. The summed E-state index contributed by atoms with van der Waals surface area (Å²) in [5.41, 5.74) is 7.36. The monoisotopic (exact) mass is 508 g/mol. The van der Waals surface area contributed by atoms with Crippen molar-refractivity contribution < 1.29 is 23.8 Å². The molecule has 2 aromatic heterocycles. The molecular weight excluding hydrogens is 479 g/mol. The first-order valence-corrected chi connectivity index (χ1v) is 12.3. The van der Waals surface area contributed by atoms with Crippen LogP contribution in [0, 0.1) is 12.7 Å². The van der Waals surface area contributed by atoms with Crippen LogP contribution in [0.5, 0.6) is 0 Å². The first-order valence-electron chi connectivity index (χ1n) is 12.3. The van der Waals surface area contributed by atoms with Crippen LogP contribution in [0.1, 0.15) is 47.6 Å². The van der Waals surface area contributed by atoms with Crippen LogP contribution in [-0.4, -0.2) is 51.6 Å². The Labute approximate surface area is 212 Å². The van der Waals surface area contributed by atoms with Gasteiger partial charge in [-0.15, -0.1) is 0 Å². The number of carbonyl (C=O) groups excluding carboxylic acids is 2. The minimum absolute atomic E-state index is 0.0461. The minimum Gasteiger partial charge on any atom is -0.458 e. The van der Waals surface area contributed by atoms with Crippen molar-refractivity contribution >= 4 is 22.8 Å². The van der Waals surface area contributed by atoms with Crippen LogP contribution in [0.25, 0.3) is 22.3 Å². The highest BCUT2D eigenvalue weighted by Gasteiger charge is 2.45. The lowest BCUT2D eigenvalue weighted by Crippen LogP contribution is -2.44. The lowest BCUT2D eigenvalue weighted by atomic mass is 9.86. The summed E-state index contributed by atoms with van der Waals surface area (Å²) in [5.74, 6) is -1.33. The van der Waals surface area contributed by atoms with Crippen molar-refractivity contribution in [3.8, 4) is 11.4 Å². The van der Waals surface area contributed by atoms with Crippen LogP contribution in [0.4, 0.5) is 4.39 Å². The van der Waals surface area contributed by atoms with E-state index < -0.39 is 11.6 Å². The number of rotatable bonds is 6. The number of hydrogen-bond acceptors (Lipinski definition) is 7. The molecule has 0 unspecified atom stereocenters. The maximum absolute atomic E-state index is 14.6. The second kappa shape index (κ2) is 9.04. The first-order chi connectivity index (χ1) is 17.6. The van der Waals surface area contributed by atoms with Gasteiger partial charge in [0, 0.05) is 36.2 Å². The van der Waals surface area contributed by atoms with E-state index in [1.54, 1.807) is 42.5 Å². The summed E-state index contributed by atoms with van der Waals surface area (Å²) in [6, 6.07) is 4.80. The quantitative estimate of drug-likeness (QED) is 0.381. The number of esters is 1. The largest absolute Gasteiger partial charge is 0.458 e. The van der Waals surface area contributed by atoms with Gasteiger partial charge >= 0.3 is 5.97 Å². The molecule has 1 amide bonds. The average Bonchev–Trinajstić information content (AvgIpc) is 3.25. The van der Waals surface area contributed by atoms with E-state index in [2.05, 4.69) is 0 Å². The Morgan fingerprint density at radius 2 is 2.05 bits per heavy atom. The molecular formula is C27H29FN4O5. The van der Waals surface area contributed by atoms with Crippen molar-refractivity contribution in [1.29, 1.82) is 0 Å². The Morgan fingerprint density at radius 3 is 2.76 bits per heavy atom. The molecule has 0 bridgehead atoms. The number of amides is 1. The topological polar surface area (TPSA) is 128 Å². The molecule has 5 rings (SSSR count). The lowest BCUT2D eigenvalue weighted by molar-refractivity contribution is -0.172. The molecule has 0 aliphatic carbocycles. The van der Waals surface area contributed by atoms with Gasteiger partial charge in [-0.25, -0.2) is 14.2 Å². The van der Waals surface area contributed by atoms with Gasteiger partial charge in [0.15, 0.2) is 5.60 Å². The van der Waals surface area contributed by atoms with Gasteiger partial charge in [-0.05, 0) is 49.4 Å². The van der Waals surface area contributed by atoms with E-state index in [1.807, 2.05) is 0 Å². The van der Waals surface area contributed by atoms with Crippen LogP contribution in [0.15, 0.2) is 23.0 Å². The van der Waals surface area contributed by atoms with Crippen molar-refractivity contribution in [2.24, 2.45) is 5.73 Å². The number of halogens is 1. The van der Waals surface area contributed by atoms with Crippen molar-refractivity contribution in [2.75, 3.05) is 20.1 Å². The zero-order valence-corrected chi connectivity index (χ0v) is 21.1. The standard InChI is InChI=1S/C27H29FN4O5/c1-4-27(36)19-9-22-24-17(12-32(22)25(34)18(19)13-37-26(27)35)15(6-5-7-31(3)23(33)11-29)16-8-14(2)20(28)10-21(16)30-24/h8-10,36H,4-7,11-13,29H2,1-3H3/t27-/m0/s1. The molecule has 2 aliphatic rings. The van der Waals surface area contributed by atoms with Gasteiger partial charge in [-0.1, -0.05) is 6.92 Å². The predicted molar refractivity (Wildman–Crippen MR) is 134 cm³/mol. The minimum atomic E-state index is -1.92. The summed E-state index contributed by atoms with van der Waals surface area (Å²) in [5, 5.41) is 11.9. The summed E-state index contributed by atoms with van der Waals surface area (Å²) < 4.78 is 21.3. The number of pyridine rings is 2. The van der Waals surface area contributed by atoms with Crippen LogP contribution in [0.3, 0.4) is 0 Å². The number of aromatic nitrogens is 2. The normalized spacial score (nSPS) is 17.8. The molecule has 0 fully saturated rings. The molecule has 3 aromatic rings. The third-order valence-corrected chi connectivity index (χ3v) is 7.61. The Kier molecular flexibility index (Phi) is 6.12. The fraction of sp³-hybridized carbons (Fsp3) is 0.407. The first kappa shape index (κ1) is 25.0. The number of ether oxygens (including phenoxy) is 1. The predicted octanol–water partition coefficient (Wildman–Crippen LogP) is 1.88. The summed E-state index contributed by atoms with van der Waals surface area (Å²) in [4.78, 5) is 44.2. The van der Waals surface area contributed by atoms with Gasteiger partial charge < -0.3 is 25.0 Å². The van der Waals surface area contributed by atoms with Crippen LogP contribution in [-0.2, 0) is 39.5 Å². The van der Waals surface area contributed by atoms with E-state index in [-0.39, 0.29) is 54.5 Å². The summed E-state index contributed by atoms with van der Waals surface area (Å²) >= 11 is 0. The number of nitrogens with two attached hydrogens (primary N) is 1. The van der Waals surface area contributed by atoms with Crippen molar-refractivity contribution in [2.45, 2.75) is 51.9 Å². The molecule has 9 nitrogen and oxygen atoms in total. The van der Waals surface area contributed by atoms with Gasteiger partial charge in [0.05, 0.1) is 35.6 Å². The highest BCUT2D eigenvalue weighted by Crippen LogP contribution is 2.40. The molecule has 2 aliphatic heterocycles. The third kappa shape index (κ3) is 3.82. The second-order valence-electron chi connectivity index (χ2n) is 9.76. The maximum Gasteiger partial charge on any atom is 0.343 e. The zero-order valence-electron chi connectivity index (χ0n) is 21.1. The molecule has 4 heterocycles. The third-order valence-electron chi connectivity index (χ3n) is 7.61. The van der Waals surface area contributed by atoms with Crippen molar-refractivity contribution in [1.82, 2.24) is 14.5 Å². The molecule has 1 aromatic carbocycles. The van der Waals surface area contributed by atoms with E-state index in [1.165, 1.54) is 6.07 Å². The highest BCUT2D eigenvalue weighted by atomic mass is 19.1. The van der Waals surface area contributed by atoms with Crippen LogP contribution < -0.4 is 11.3 Å². The van der Waals surface area contributed by atoms with E-state index in [0.717, 1.165) is 16.5 Å². The molecule has 0 saturated heterocycles. The van der Waals surface area contributed by atoms with E-state index >= 15 is 0 Å². The van der Waals surface area contributed by atoms with E-state index in [4.69, 9.17) is 15.5 Å². The van der Waals surface area contributed by atoms with Crippen LogP contribution >= 0.6 is 0 Å². The number of hydrogen-bond donors (Lipinski definition) is 2. The Morgan fingerprint density at radius 1 is 1.30 bits per heavy atom. The number of likely N-dealkylation sites (N-methyl/N-ethyl adjacent to an activating group) is 1. The molecule has 0 spiro atoms. The van der Waals surface area contributed by atoms with Gasteiger partial charge in [-0.3, -0.25) is 9.59 Å². The molecule has 0 saturated carbocycles. The summed E-state index contributed by atoms with van der Waals surface area (Å²) in [6.45, 7) is 3.80. The molecule has 10 heteroatoms. The number of carbonyl (C=O) groups is 2. The molecule has 0 radical (unpaired) electrons. The molecule has 194 valence electrons. The van der Waals surface area contributed by atoms with Crippen LogP contribution in [0.2, 0.25) is 0 Å². The Bertz CT molecular complexity index is 1530. The van der Waals surface area contributed by atoms with Gasteiger partial charge in [-0.2, -0.15) is 0 Å². The van der Waals surface area contributed by atoms with Crippen molar-refractivity contribution in [3.63, 3.8) is 0 Å². The lowest BCUT2D eigenvalue weighted by Gasteiger charge is -2.31. The zero-order chi connectivity index (χ0) is 26.6. The summed E-state index contributed by atoms with van der Waals surface area (Å²) in [7, 11) is 1.70. The van der Waals surface area contributed by atoms with E-state index in [0.29, 0.717) is 41.9 Å². The number of aliphatic hydroxyl groups is 1. The second-order valence-corrected chi connectivity index (χ2v) is 9.76. The highest BCUT2D eigenvalue weighted by molar-refractivity contribution is 5.89. The number of benzene rings is 1. The molecule has 1 atom stereocenters. The fourth-order valence-electron chi connectivity index (χ4n) is 5.35. The number of aryl methyl sites for hydroxylation is 2. The Hall–Kier alpha value is -3.63. The van der Waals surface area contributed by atoms with Gasteiger partial charge in [0.2, 0.25) is 5.91 Å². The number of nitrogens with zero attached hydrogens (tertiary/aromatic N) is 3. The molecule has 37 heavy (non-hydrogen) atoms. The number of cyclic esters (lactones) is 1. The Balaban J connectivity index is 1.67. The molecule has 3 N–H and O–H groups in total. The smallest absolute Gasteiger partial charge is 0.343 e.